The number of fused-ring (bicyclic) bond motifs is 6. The largest absolute Gasteiger partial charge is 0.455 e. The van der Waals surface area contributed by atoms with Gasteiger partial charge >= 0.3 is 0 Å². The minimum Gasteiger partial charge on any atom is -0.455 e. The minimum absolute atomic E-state index is 0.620. The molecule has 0 saturated heterocycles. The third-order valence-electron chi connectivity index (χ3n) is 9.56. The zero-order chi connectivity index (χ0) is 33.7. The topological polar surface area (TPSA) is 64.7 Å². The minimum atomic E-state index is 0.620. The second-order valence-corrected chi connectivity index (χ2v) is 12.7. The van der Waals surface area contributed by atoms with Crippen LogP contribution in [0.25, 0.3) is 100 Å². The molecule has 0 aliphatic carbocycles. The van der Waals surface area contributed by atoms with Gasteiger partial charge in [0, 0.05) is 50.0 Å². The van der Waals surface area contributed by atoms with Crippen molar-refractivity contribution in [3.05, 3.63) is 170 Å². The highest BCUT2D eigenvalue weighted by atomic mass is 16.3. The quantitative estimate of drug-likeness (QED) is 0.173. The number of nitrogens with zero attached hydrogens (tertiary/aromatic N) is 4. The molecule has 0 fully saturated rings. The average molecular weight is 653 g/mol. The van der Waals surface area contributed by atoms with Crippen molar-refractivity contribution in [1.29, 1.82) is 0 Å². The van der Waals surface area contributed by atoms with E-state index >= 15 is 0 Å². The molecule has 3 heterocycles. The van der Waals surface area contributed by atoms with Crippen LogP contribution in [0.1, 0.15) is 0 Å². The number of hydrogen-bond acceptors (Lipinski definition) is 5. The van der Waals surface area contributed by atoms with Crippen LogP contribution in [-0.2, 0) is 0 Å². The Hall–Kier alpha value is -6.98. The number of aromatic nitrogens is 4. The summed E-state index contributed by atoms with van der Waals surface area (Å²) in [6.07, 6.45) is 1.96. The first kappa shape index (κ1) is 29.0. The van der Waals surface area contributed by atoms with Crippen molar-refractivity contribution >= 4 is 43.6 Å². The van der Waals surface area contributed by atoms with E-state index in [-0.39, 0.29) is 0 Å². The molecule has 10 aromatic rings. The molecule has 51 heavy (non-hydrogen) atoms. The number of pyridine rings is 1. The maximum Gasteiger partial charge on any atom is 0.164 e. The molecule has 5 heteroatoms. The van der Waals surface area contributed by atoms with Crippen LogP contribution in [0.5, 0.6) is 0 Å². The third-order valence-corrected chi connectivity index (χ3v) is 9.56. The first-order chi connectivity index (χ1) is 25.2. The normalized spacial score (nSPS) is 11.5. The van der Waals surface area contributed by atoms with Crippen molar-refractivity contribution in [2.24, 2.45) is 0 Å². The zero-order valence-corrected chi connectivity index (χ0v) is 27.4. The van der Waals surface area contributed by atoms with Crippen molar-refractivity contribution in [3.8, 4) is 56.4 Å². The molecule has 0 radical (unpaired) electrons. The smallest absolute Gasteiger partial charge is 0.164 e. The van der Waals surface area contributed by atoms with E-state index in [1.807, 2.05) is 85.1 Å². The van der Waals surface area contributed by atoms with Gasteiger partial charge in [-0.2, -0.15) is 0 Å². The van der Waals surface area contributed by atoms with Crippen LogP contribution in [0.15, 0.2) is 174 Å². The fourth-order valence-electron chi connectivity index (χ4n) is 6.98. The van der Waals surface area contributed by atoms with E-state index in [1.54, 1.807) is 0 Å². The molecule has 0 bridgehead atoms. The lowest BCUT2D eigenvalue weighted by molar-refractivity contribution is 0.670. The van der Waals surface area contributed by atoms with Crippen LogP contribution >= 0.6 is 0 Å². The Labute approximate surface area is 293 Å². The molecule has 0 unspecified atom stereocenters. The molecule has 0 N–H and O–H groups in total. The summed E-state index contributed by atoms with van der Waals surface area (Å²) in [6.45, 7) is 0. The predicted molar refractivity (Wildman–Crippen MR) is 207 cm³/mol. The van der Waals surface area contributed by atoms with Crippen LogP contribution < -0.4 is 0 Å². The monoisotopic (exact) mass is 652 g/mol. The highest BCUT2D eigenvalue weighted by Crippen LogP contribution is 2.41. The summed E-state index contributed by atoms with van der Waals surface area (Å²) in [7, 11) is 0. The second kappa shape index (κ2) is 11.9. The van der Waals surface area contributed by atoms with Gasteiger partial charge in [0.1, 0.15) is 11.2 Å². The van der Waals surface area contributed by atoms with Gasteiger partial charge in [-0.05, 0) is 52.4 Å². The Morgan fingerprint density at radius 2 is 0.922 bits per heavy atom. The van der Waals surface area contributed by atoms with E-state index in [2.05, 4.69) is 89.9 Å². The lowest BCUT2D eigenvalue weighted by Crippen LogP contribution is -2.00. The summed E-state index contributed by atoms with van der Waals surface area (Å²) >= 11 is 0. The van der Waals surface area contributed by atoms with Crippen molar-refractivity contribution in [2.45, 2.75) is 0 Å². The van der Waals surface area contributed by atoms with Crippen LogP contribution in [0.4, 0.5) is 0 Å². The van der Waals surface area contributed by atoms with Gasteiger partial charge in [-0.3, -0.25) is 4.98 Å². The predicted octanol–water partition coefficient (Wildman–Crippen LogP) is 11.8. The Bertz CT molecular complexity index is 2840. The van der Waals surface area contributed by atoms with E-state index in [9.17, 15) is 0 Å². The molecule has 10 rings (SSSR count). The van der Waals surface area contributed by atoms with Crippen LogP contribution in [0.2, 0.25) is 0 Å². The Balaban J connectivity index is 1.12. The molecule has 238 valence electrons. The van der Waals surface area contributed by atoms with E-state index < -0.39 is 0 Å². The highest BCUT2D eigenvalue weighted by Gasteiger charge is 2.17. The fraction of sp³-hybridized carbons (Fsp3) is 0. The molecular weight excluding hydrogens is 625 g/mol. The number of benzene rings is 7. The van der Waals surface area contributed by atoms with Crippen LogP contribution in [-0.4, -0.2) is 19.9 Å². The summed E-state index contributed by atoms with van der Waals surface area (Å²) in [4.78, 5) is 19.4. The molecule has 0 amide bonds. The summed E-state index contributed by atoms with van der Waals surface area (Å²) in [5.74, 6) is 1.90. The van der Waals surface area contributed by atoms with Gasteiger partial charge in [0.05, 0.1) is 5.52 Å². The summed E-state index contributed by atoms with van der Waals surface area (Å²) in [6, 6.07) is 56.2. The summed E-state index contributed by atoms with van der Waals surface area (Å²) in [5.41, 5.74) is 9.83. The SMILES string of the molecule is c1ccc(-c2nc(-c3ccccc3)nc(-c3ccc(-c4cc(-c5ccc6cnc7ccccc7c6c5)cc5c4oc4ccccc45)cc3)n2)cc1. The molecule has 7 aromatic carbocycles. The van der Waals surface area contributed by atoms with Gasteiger partial charge in [-0.25, -0.2) is 15.0 Å². The maximum absolute atomic E-state index is 6.56. The van der Waals surface area contributed by atoms with Gasteiger partial charge in [0.2, 0.25) is 0 Å². The molecule has 0 atom stereocenters. The van der Waals surface area contributed by atoms with Crippen molar-refractivity contribution in [1.82, 2.24) is 19.9 Å². The maximum atomic E-state index is 6.56. The van der Waals surface area contributed by atoms with Crippen molar-refractivity contribution < 1.29 is 4.42 Å². The standard InChI is InChI=1S/C46H28N4O/c1-3-11-30(12-4-1)44-48-45(31-13-5-2-6-14-31)50-46(49-44)32-21-19-29(20-22-32)39-26-35(27-40-37-16-8-10-18-42(37)51-43(39)40)33-23-24-34-28-47-41-17-9-7-15-36(41)38(34)25-33/h1-28H. The lowest BCUT2D eigenvalue weighted by Gasteiger charge is -2.11. The van der Waals surface area contributed by atoms with E-state index in [0.29, 0.717) is 17.5 Å². The molecule has 3 aromatic heterocycles. The Kier molecular flexibility index (Phi) is 6.74. The summed E-state index contributed by atoms with van der Waals surface area (Å²) in [5, 5.41) is 5.62. The van der Waals surface area contributed by atoms with E-state index in [4.69, 9.17) is 19.4 Å². The third kappa shape index (κ3) is 5.11. The first-order valence-electron chi connectivity index (χ1n) is 17.0. The van der Waals surface area contributed by atoms with Crippen molar-refractivity contribution in [2.75, 3.05) is 0 Å². The fourth-order valence-corrected chi connectivity index (χ4v) is 6.98. The molecular formula is C46H28N4O. The molecule has 0 aliphatic rings. The molecule has 5 nitrogen and oxygen atoms in total. The highest BCUT2D eigenvalue weighted by molar-refractivity contribution is 6.12. The number of rotatable bonds is 5. The zero-order valence-electron chi connectivity index (χ0n) is 27.4. The molecule has 0 saturated carbocycles. The molecule has 0 aliphatic heterocycles. The molecule has 0 spiro atoms. The van der Waals surface area contributed by atoms with Gasteiger partial charge in [-0.1, -0.05) is 133 Å². The summed E-state index contributed by atoms with van der Waals surface area (Å²) < 4.78 is 6.56. The van der Waals surface area contributed by atoms with Crippen LogP contribution in [0.3, 0.4) is 0 Å². The van der Waals surface area contributed by atoms with Crippen molar-refractivity contribution in [3.63, 3.8) is 0 Å². The number of para-hydroxylation sites is 2. The Morgan fingerprint density at radius 1 is 0.373 bits per heavy atom. The first-order valence-corrected chi connectivity index (χ1v) is 17.0. The second-order valence-electron chi connectivity index (χ2n) is 12.7. The van der Waals surface area contributed by atoms with Crippen LogP contribution in [0, 0.1) is 0 Å². The average Bonchev–Trinajstić information content (AvgIpc) is 3.59. The number of furan rings is 1. The van der Waals surface area contributed by atoms with Gasteiger partial charge in [-0.15, -0.1) is 0 Å². The van der Waals surface area contributed by atoms with E-state index in [0.717, 1.165) is 77.2 Å². The van der Waals surface area contributed by atoms with E-state index in [1.165, 1.54) is 5.39 Å². The van der Waals surface area contributed by atoms with Gasteiger partial charge in [0.25, 0.3) is 0 Å². The Morgan fingerprint density at radius 3 is 1.63 bits per heavy atom. The van der Waals surface area contributed by atoms with Gasteiger partial charge < -0.3 is 4.42 Å². The van der Waals surface area contributed by atoms with Gasteiger partial charge in [0.15, 0.2) is 17.5 Å². The lowest BCUT2D eigenvalue weighted by atomic mass is 9.94. The number of hydrogen-bond donors (Lipinski definition) is 0.